The van der Waals surface area contributed by atoms with Crippen LogP contribution in [-0.4, -0.2) is 20.9 Å². The lowest BCUT2D eigenvalue weighted by molar-refractivity contribution is -0.115. The molecular weight excluding hydrogens is 336 g/mol. The molecule has 0 heterocycles. The Morgan fingerprint density at radius 2 is 1.76 bits per heavy atom. The highest BCUT2D eigenvalue weighted by molar-refractivity contribution is 7.89. The number of carbonyl (C=O) groups is 1. The molecular formula is C19H24N2O3S. The van der Waals surface area contributed by atoms with Crippen LogP contribution in [0.1, 0.15) is 29.2 Å². The zero-order chi connectivity index (χ0) is 18.6. The number of hydrogen-bond acceptors (Lipinski definition) is 3. The number of anilines is 1. The third kappa shape index (κ3) is 4.67. The zero-order valence-electron chi connectivity index (χ0n) is 15.0. The molecule has 2 aromatic carbocycles. The minimum atomic E-state index is -3.74. The average molecular weight is 360 g/mol. The molecule has 134 valence electrons. The zero-order valence-corrected chi connectivity index (χ0v) is 15.8. The highest BCUT2D eigenvalue weighted by Gasteiger charge is 2.18. The van der Waals surface area contributed by atoms with Gasteiger partial charge in [-0.3, -0.25) is 4.79 Å². The number of benzene rings is 2. The summed E-state index contributed by atoms with van der Waals surface area (Å²) in [6.45, 7) is 7.17. The molecule has 0 atom stereocenters. The Hall–Kier alpha value is -2.18. The summed E-state index contributed by atoms with van der Waals surface area (Å²) in [6, 6.07) is 11.0. The minimum absolute atomic E-state index is 0.199. The van der Waals surface area contributed by atoms with Crippen LogP contribution in [0, 0.1) is 20.8 Å². The lowest BCUT2D eigenvalue weighted by atomic mass is 10.1. The molecule has 2 aromatic rings. The Bertz CT molecular complexity index is 890. The van der Waals surface area contributed by atoms with E-state index in [-0.39, 0.29) is 11.4 Å². The first-order chi connectivity index (χ1) is 11.7. The van der Waals surface area contributed by atoms with Crippen LogP contribution >= 0.6 is 0 Å². The summed E-state index contributed by atoms with van der Waals surface area (Å²) in [4.78, 5) is 12.4. The number of carbonyl (C=O) groups excluding carboxylic acids is 1. The molecule has 6 heteroatoms. The van der Waals surface area contributed by atoms with Crippen molar-refractivity contribution in [2.75, 3.05) is 11.9 Å². The van der Waals surface area contributed by atoms with Crippen LogP contribution in [0.5, 0.6) is 0 Å². The second kappa shape index (κ2) is 7.80. The predicted octanol–water partition coefficient (Wildman–Crippen LogP) is 3.09. The maximum atomic E-state index is 12.5. The number of hydrogen-bond donors (Lipinski definition) is 2. The molecule has 5 nitrogen and oxygen atoms in total. The minimum Gasteiger partial charge on any atom is -0.324 e. The van der Waals surface area contributed by atoms with Gasteiger partial charge in [0.05, 0.1) is 11.4 Å². The maximum Gasteiger partial charge on any atom is 0.241 e. The first-order valence-electron chi connectivity index (χ1n) is 8.20. The van der Waals surface area contributed by atoms with Crippen LogP contribution in [0.3, 0.4) is 0 Å². The second-order valence-corrected chi connectivity index (χ2v) is 7.84. The number of para-hydroxylation sites is 1. The third-order valence-electron chi connectivity index (χ3n) is 4.06. The number of aryl methyl sites for hydroxylation is 4. The molecule has 0 unspecified atom stereocenters. The summed E-state index contributed by atoms with van der Waals surface area (Å²) in [5, 5.41) is 2.81. The molecule has 0 radical (unpaired) electrons. The van der Waals surface area contributed by atoms with Crippen molar-refractivity contribution in [2.45, 2.75) is 39.0 Å². The van der Waals surface area contributed by atoms with Crippen LogP contribution in [0.4, 0.5) is 5.69 Å². The standard InChI is InChI=1S/C19H24N2O3S/c1-5-16-8-6-7-15(4)19(16)21-18(22)12-20-25(23,24)17-11-13(2)9-10-14(17)3/h6-11,20H,5,12H2,1-4H3,(H,21,22). The lowest BCUT2D eigenvalue weighted by Crippen LogP contribution is -2.33. The molecule has 25 heavy (non-hydrogen) atoms. The van der Waals surface area contributed by atoms with Gasteiger partial charge >= 0.3 is 0 Å². The van der Waals surface area contributed by atoms with Crippen molar-refractivity contribution in [3.05, 3.63) is 58.7 Å². The Morgan fingerprint density at radius 1 is 1.04 bits per heavy atom. The molecule has 2 rings (SSSR count). The van der Waals surface area contributed by atoms with Crippen LogP contribution in [0.2, 0.25) is 0 Å². The smallest absolute Gasteiger partial charge is 0.241 e. The van der Waals surface area contributed by atoms with E-state index in [1.54, 1.807) is 19.1 Å². The molecule has 2 N–H and O–H groups in total. The van der Waals surface area contributed by atoms with E-state index >= 15 is 0 Å². The van der Waals surface area contributed by atoms with Gasteiger partial charge in [0.15, 0.2) is 0 Å². The van der Waals surface area contributed by atoms with Gasteiger partial charge in [-0.2, -0.15) is 0 Å². The van der Waals surface area contributed by atoms with Gasteiger partial charge in [0.1, 0.15) is 0 Å². The Kier molecular flexibility index (Phi) is 5.98. The fraction of sp³-hybridized carbons (Fsp3) is 0.316. The number of nitrogens with one attached hydrogen (secondary N) is 2. The van der Waals surface area contributed by atoms with Gasteiger partial charge in [0, 0.05) is 5.69 Å². The fourth-order valence-corrected chi connectivity index (χ4v) is 3.93. The molecule has 0 aliphatic heterocycles. The SMILES string of the molecule is CCc1cccc(C)c1NC(=O)CNS(=O)(=O)c1cc(C)ccc1C. The highest BCUT2D eigenvalue weighted by atomic mass is 32.2. The average Bonchev–Trinajstić information content (AvgIpc) is 2.57. The van der Waals surface area contributed by atoms with Crippen molar-refractivity contribution in [1.82, 2.24) is 4.72 Å². The Labute approximate surface area is 149 Å². The van der Waals surface area contributed by atoms with E-state index in [0.717, 1.165) is 28.8 Å². The number of sulfonamides is 1. The van der Waals surface area contributed by atoms with E-state index in [1.807, 2.05) is 45.0 Å². The molecule has 0 aliphatic carbocycles. The summed E-state index contributed by atoms with van der Waals surface area (Å²) in [7, 11) is -3.74. The van der Waals surface area contributed by atoms with Gasteiger partial charge in [0.25, 0.3) is 0 Å². The van der Waals surface area contributed by atoms with Gasteiger partial charge in [-0.15, -0.1) is 0 Å². The maximum absolute atomic E-state index is 12.5. The molecule has 0 bridgehead atoms. The Morgan fingerprint density at radius 3 is 2.44 bits per heavy atom. The van der Waals surface area contributed by atoms with Gasteiger partial charge in [-0.25, -0.2) is 13.1 Å². The summed E-state index contributed by atoms with van der Waals surface area (Å²) < 4.78 is 27.3. The van der Waals surface area contributed by atoms with Crippen molar-refractivity contribution in [3.8, 4) is 0 Å². The molecule has 1 amide bonds. The van der Waals surface area contributed by atoms with Crippen LogP contribution in [0.15, 0.2) is 41.3 Å². The number of rotatable bonds is 6. The van der Waals surface area contributed by atoms with E-state index in [2.05, 4.69) is 10.0 Å². The van der Waals surface area contributed by atoms with E-state index in [4.69, 9.17) is 0 Å². The van der Waals surface area contributed by atoms with E-state index in [9.17, 15) is 13.2 Å². The van der Waals surface area contributed by atoms with Crippen molar-refractivity contribution in [1.29, 1.82) is 0 Å². The predicted molar refractivity (Wildman–Crippen MR) is 100 cm³/mol. The van der Waals surface area contributed by atoms with E-state index in [1.165, 1.54) is 0 Å². The number of amides is 1. The quantitative estimate of drug-likeness (QED) is 0.831. The summed E-state index contributed by atoms with van der Waals surface area (Å²) in [5.74, 6) is -0.391. The van der Waals surface area contributed by atoms with E-state index < -0.39 is 15.9 Å². The monoisotopic (exact) mass is 360 g/mol. The van der Waals surface area contributed by atoms with Crippen LogP contribution in [-0.2, 0) is 21.2 Å². The first-order valence-corrected chi connectivity index (χ1v) is 9.68. The van der Waals surface area contributed by atoms with Gasteiger partial charge in [-0.1, -0.05) is 37.3 Å². The summed E-state index contributed by atoms with van der Waals surface area (Å²) >= 11 is 0. The van der Waals surface area contributed by atoms with Gasteiger partial charge in [0.2, 0.25) is 15.9 Å². The lowest BCUT2D eigenvalue weighted by Gasteiger charge is -2.14. The largest absolute Gasteiger partial charge is 0.324 e. The van der Waals surface area contributed by atoms with E-state index in [0.29, 0.717) is 5.56 Å². The summed E-state index contributed by atoms with van der Waals surface area (Å²) in [5.41, 5.74) is 4.21. The molecule has 0 saturated carbocycles. The Balaban J connectivity index is 2.11. The van der Waals surface area contributed by atoms with Crippen molar-refractivity contribution in [2.24, 2.45) is 0 Å². The van der Waals surface area contributed by atoms with Crippen LogP contribution < -0.4 is 10.0 Å². The summed E-state index contributed by atoms with van der Waals surface area (Å²) in [6.07, 6.45) is 0.783. The molecule has 0 saturated heterocycles. The molecule has 0 fully saturated rings. The van der Waals surface area contributed by atoms with Crippen molar-refractivity contribution >= 4 is 21.6 Å². The van der Waals surface area contributed by atoms with Crippen LogP contribution in [0.25, 0.3) is 0 Å². The fourth-order valence-electron chi connectivity index (χ4n) is 2.62. The van der Waals surface area contributed by atoms with Crippen molar-refractivity contribution in [3.63, 3.8) is 0 Å². The normalized spacial score (nSPS) is 11.4. The second-order valence-electron chi connectivity index (χ2n) is 6.10. The van der Waals surface area contributed by atoms with Gasteiger partial charge in [-0.05, 0) is 55.5 Å². The molecule has 0 aliphatic rings. The molecule has 0 spiro atoms. The topological polar surface area (TPSA) is 75.3 Å². The van der Waals surface area contributed by atoms with Crippen molar-refractivity contribution < 1.29 is 13.2 Å². The molecule has 0 aromatic heterocycles. The highest BCUT2D eigenvalue weighted by Crippen LogP contribution is 2.21. The van der Waals surface area contributed by atoms with Gasteiger partial charge < -0.3 is 5.32 Å². The first kappa shape index (κ1) is 19.1. The third-order valence-corrected chi connectivity index (χ3v) is 5.60.